The number of carbonyl (C=O) groups is 1. The summed E-state index contributed by atoms with van der Waals surface area (Å²) in [5.41, 5.74) is 3.45. The quantitative estimate of drug-likeness (QED) is 0.478. The molecule has 164 valence electrons. The zero-order chi connectivity index (χ0) is 22.9. The molecule has 0 saturated carbocycles. The highest BCUT2D eigenvalue weighted by molar-refractivity contribution is 7.90. The van der Waals surface area contributed by atoms with E-state index in [1.807, 2.05) is 38.1 Å². The molecule has 0 atom stereocenters. The number of ketones is 1. The molecule has 0 unspecified atom stereocenters. The number of halogens is 1. The second-order valence-corrected chi connectivity index (χ2v) is 9.89. The average Bonchev–Trinajstić information content (AvgIpc) is 3.11. The predicted octanol–water partition coefficient (Wildman–Crippen LogP) is 4.70. The minimum absolute atomic E-state index is 0.116. The number of benzene rings is 2. The highest BCUT2D eigenvalue weighted by Gasteiger charge is 2.26. The summed E-state index contributed by atoms with van der Waals surface area (Å²) in [6.45, 7) is 7.98. The van der Waals surface area contributed by atoms with Crippen molar-refractivity contribution in [2.45, 2.75) is 45.7 Å². The SMILES string of the molecule is CCn1ncc(C(=O)c2cc(C)c(S(C)(=O)=O)c(C)c2Cl)c1OCc1ccc(C)cc1. The molecule has 0 bridgehead atoms. The zero-order valence-electron chi connectivity index (χ0n) is 18.2. The smallest absolute Gasteiger partial charge is 0.223 e. The highest BCUT2D eigenvalue weighted by atomic mass is 35.5. The van der Waals surface area contributed by atoms with Crippen LogP contribution in [0.1, 0.15) is 45.1 Å². The first kappa shape index (κ1) is 23.0. The lowest BCUT2D eigenvalue weighted by Gasteiger charge is -2.14. The van der Waals surface area contributed by atoms with E-state index in [0.29, 0.717) is 23.6 Å². The molecule has 0 spiro atoms. The van der Waals surface area contributed by atoms with Gasteiger partial charge in [0.05, 0.1) is 16.1 Å². The van der Waals surface area contributed by atoms with Crippen LogP contribution >= 0.6 is 11.6 Å². The topological polar surface area (TPSA) is 78.3 Å². The summed E-state index contributed by atoms with van der Waals surface area (Å²) in [5, 5.41) is 4.39. The van der Waals surface area contributed by atoms with Gasteiger partial charge in [-0.05, 0) is 50.5 Å². The molecule has 3 aromatic rings. The van der Waals surface area contributed by atoms with Gasteiger partial charge in [0.15, 0.2) is 9.84 Å². The van der Waals surface area contributed by atoms with E-state index in [9.17, 15) is 13.2 Å². The molecule has 8 heteroatoms. The van der Waals surface area contributed by atoms with Gasteiger partial charge in [0.25, 0.3) is 0 Å². The minimum Gasteiger partial charge on any atom is -0.472 e. The monoisotopic (exact) mass is 460 g/mol. The summed E-state index contributed by atoms with van der Waals surface area (Å²) in [7, 11) is -3.48. The van der Waals surface area contributed by atoms with Crippen LogP contribution < -0.4 is 4.74 Å². The van der Waals surface area contributed by atoms with Crippen molar-refractivity contribution in [3.8, 4) is 5.88 Å². The van der Waals surface area contributed by atoms with Gasteiger partial charge in [-0.1, -0.05) is 41.4 Å². The van der Waals surface area contributed by atoms with E-state index >= 15 is 0 Å². The molecule has 0 aliphatic carbocycles. The number of nitrogens with zero attached hydrogens (tertiary/aromatic N) is 2. The Labute approximate surface area is 187 Å². The van der Waals surface area contributed by atoms with Gasteiger partial charge in [-0.15, -0.1) is 0 Å². The van der Waals surface area contributed by atoms with Gasteiger partial charge in [-0.3, -0.25) is 4.79 Å². The standard InChI is InChI=1S/C23H25ClN2O4S/c1-6-26-23(30-13-17-9-7-14(2)8-10-17)19(12-25-26)21(27)18-11-15(3)22(31(5,28)29)16(4)20(18)24/h7-12H,6,13H2,1-5H3. The van der Waals surface area contributed by atoms with E-state index in [-0.39, 0.29) is 33.4 Å². The second kappa shape index (κ2) is 8.85. The van der Waals surface area contributed by atoms with E-state index in [1.54, 1.807) is 18.5 Å². The van der Waals surface area contributed by atoms with Crippen molar-refractivity contribution in [2.24, 2.45) is 0 Å². The molecular formula is C23H25ClN2O4S. The van der Waals surface area contributed by atoms with Crippen molar-refractivity contribution in [2.75, 3.05) is 6.26 Å². The van der Waals surface area contributed by atoms with Crippen LogP contribution in [-0.2, 0) is 23.0 Å². The molecule has 0 amide bonds. The first-order chi connectivity index (χ1) is 14.5. The first-order valence-electron chi connectivity index (χ1n) is 9.83. The lowest BCUT2D eigenvalue weighted by Crippen LogP contribution is -2.11. The van der Waals surface area contributed by atoms with Gasteiger partial charge >= 0.3 is 0 Å². The van der Waals surface area contributed by atoms with Crippen molar-refractivity contribution in [1.29, 1.82) is 0 Å². The maximum Gasteiger partial charge on any atom is 0.223 e. The molecule has 1 aromatic heterocycles. The van der Waals surface area contributed by atoms with Crippen molar-refractivity contribution in [3.63, 3.8) is 0 Å². The van der Waals surface area contributed by atoms with Gasteiger partial charge in [0.2, 0.25) is 11.7 Å². The van der Waals surface area contributed by atoms with Crippen LogP contribution in [0.4, 0.5) is 0 Å². The third-order valence-corrected chi connectivity index (χ3v) is 6.93. The van der Waals surface area contributed by atoms with E-state index in [0.717, 1.165) is 17.4 Å². The lowest BCUT2D eigenvalue weighted by atomic mass is 10.0. The fraction of sp³-hybridized carbons (Fsp3) is 0.304. The van der Waals surface area contributed by atoms with Crippen molar-refractivity contribution in [1.82, 2.24) is 9.78 Å². The van der Waals surface area contributed by atoms with Crippen molar-refractivity contribution < 1.29 is 17.9 Å². The Morgan fingerprint density at radius 1 is 1.13 bits per heavy atom. The summed E-state index contributed by atoms with van der Waals surface area (Å²) < 4.78 is 31.9. The van der Waals surface area contributed by atoms with Crippen LogP contribution in [0.25, 0.3) is 0 Å². The zero-order valence-corrected chi connectivity index (χ0v) is 19.8. The third-order valence-electron chi connectivity index (χ3n) is 5.07. The third kappa shape index (κ3) is 4.67. The molecule has 0 fully saturated rings. The molecule has 1 heterocycles. The van der Waals surface area contributed by atoms with Gasteiger partial charge in [-0.2, -0.15) is 5.10 Å². The highest BCUT2D eigenvalue weighted by Crippen LogP contribution is 2.33. The Balaban J connectivity index is 2.01. The van der Waals surface area contributed by atoms with E-state index in [4.69, 9.17) is 16.3 Å². The molecule has 2 aromatic carbocycles. The van der Waals surface area contributed by atoms with Crippen LogP contribution in [0.3, 0.4) is 0 Å². The van der Waals surface area contributed by atoms with Crippen molar-refractivity contribution >= 4 is 27.2 Å². The molecule has 0 saturated heterocycles. The molecule has 6 nitrogen and oxygen atoms in total. The average molecular weight is 461 g/mol. The maximum absolute atomic E-state index is 13.4. The summed E-state index contributed by atoms with van der Waals surface area (Å²) >= 11 is 6.45. The van der Waals surface area contributed by atoms with E-state index in [2.05, 4.69) is 5.10 Å². The van der Waals surface area contributed by atoms with E-state index < -0.39 is 9.84 Å². The number of carbonyl (C=O) groups excluding carboxylic acids is 1. The van der Waals surface area contributed by atoms with Gasteiger partial charge in [-0.25, -0.2) is 13.1 Å². The molecule has 31 heavy (non-hydrogen) atoms. The van der Waals surface area contributed by atoms with Crippen LogP contribution in [0.5, 0.6) is 5.88 Å². The number of ether oxygens (including phenoxy) is 1. The summed E-state index contributed by atoms with van der Waals surface area (Å²) in [6, 6.07) is 9.45. The Kier molecular flexibility index (Phi) is 6.57. The molecule has 0 radical (unpaired) electrons. The fourth-order valence-corrected chi connectivity index (χ4v) is 5.16. The number of hydrogen-bond acceptors (Lipinski definition) is 5. The summed E-state index contributed by atoms with van der Waals surface area (Å²) in [4.78, 5) is 13.5. The minimum atomic E-state index is -3.48. The second-order valence-electron chi connectivity index (χ2n) is 7.56. The summed E-state index contributed by atoms with van der Waals surface area (Å²) in [6.07, 6.45) is 2.59. The largest absolute Gasteiger partial charge is 0.472 e. The van der Waals surface area contributed by atoms with Crippen LogP contribution in [-0.4, -0.2) is 30.2 Å². The summed E-state index contributed by atoms with van der Waals surface area (Å²) in [5.74, 6) is -0.0125. The number of sulfone groups is 1. The Hall–Kier alpha value is -2.64. The fourth-order valence-electron chi connectivity index (χ4n) is 3.57. The van der Waals surface area contributed by atoms with Crippen LogP contribution in [0.2, 0.25) is 5.02 Å². The first-order valence-corrected chi connectivity index (χ1v) is 12.1. The van der Waals surface area contributed by atoms with Crippen LogP contribution in [0, 0.1) is 20.8 Å². The van der Waals surface area contributed by atoms with Crippen molar-refractivity contribution in [3.05, 3.63) is 74.9 Å². The number of aromatic nitrogens is 2. The van der Waals surface area contributed by atoms with Crippen LogP contribution in [0.15, 0.2) is 41.4 Å². The molecular weight excluding hydrogens is 436 g/mol. The molecule has 0 N–H and O–H groups in total. The Bertz CT molecular complexity index is 1250. The van der Waals surface area contributed by atoms with Gasteiger partial charge in [0.1, 0.15) is 12.2 Å². The maximum atomic E-state index is 13.4. The number of aryl methyl sites for hydroxylation is 3. The van der Waals surface area contributed by atoms with Gasteiger partial charge in [0, 0.05) is 18.4 Å². The van der Waals surface area contributed by atoms with Gasteiger partial charge < -0.3 is 4.74 Å². The number of hydrogen-bond donors (Lipinski definition) is 0. The predicted molar refractivity (Wildman–Crippen MR) is 121 cm³/mol. The Morgan fingerprint density at radius 3 is 2.35 bits per heavy atom. The lowest BCUT2D eigenvalue weighted by molar-refractivity contribution is 0.103. The normalized spacial score (nSPS) is 11.5. The number of rotatable bonds is 7. The molecule has 0 aliphatic rings. The van der Waals surface area contributed by atoms with E-state index in [1.165, 1.54) is 12.3 Å². The molecule has 0 aliphatic heterocycles. The molecule has 3 rings (SSSR count). The Morgan fingerprint density at radius 2 is 1.77 bits per heavy atom.